The van der Waals surface area contributed by atoms with Gasteiger partial charge in [-0.2, -0.15) is 0 Å². The number of nitrogens with one attached hydrogen (secondary N) is 2. The first-order chi connectivity index (χ1) is 9.63. The lowest BCUT2D eigenvalue weighted by Crippen LogP contribution is -2.43. The predicted molar refractivity (Wildman–Crippen MR) is 78.8 cm³/mol. The maximum absolute atomic E-state index is 12.1. The van der Waals surface area contributed by atoms with Gasteiger partial charge in [-0.1, -0.05) is 21.1 Å². The van der Waals surface area contributed by atoms with Crippen LogP contribution in [0.4, 0.5) is 5.69 Å². The van der Waals surface area contributed by atoms with Crippen molar-refractivity contribution in [3.63, 3.8) is 0 Å². The summed E-state index contributed by atoms with van der Waals surface area (Å²) < 4.78 is 2.75. The van der Waals surface area contributed by atoms with Crippen molar-refractivity contribution in [1.29, 1.82) is 0 Å². The van der Waals surface area contributed by atoms with Crippen LogP contribution in [0.3, 0.4) is 0 Å². The highest BCUT2D eigenvalue weighted by Gasteiger charge is 2.21. The molecule has 6 nitrogen and oxygen atoms in total. The maximum Gasteiger partial charge on any atom is 0.277 e. The van der Waals surface area contributed by atoms with Crippen LogP contribution >= 0.6 is 15.9 Å². The molecule has 2 N–H and O–H groups in total. The molecular weight excluding hydrogens is 322 g/mol. The monoisotopic (exact) mass is 335 g/mol. The van der Waals surface area contributed by atoms with E-state index in [0.29, 0.717) is 11.7 Å². The largest absolute Gasteiger partial charge is 0.321 e. The molecular formula is C13H14BrN5O. The zero-order chi connectivity index (χ0) is 14.1. The number of benzene rings is 1. The molecule has 0 saturated carbocycles. The number of hydrogen-bond donors (Lipinski definition) is 2. The highest BCUT2D eigenvalue weighted by atomic mass is 79.9. The minimum atomic E-state index is -0.245. The number of anilines is 1. The van der Waals surface area contributed by atoms with Gasteiger partial charge in [0, 0.05) is 23.2 Å². The standard InChI is InChI=1S/C13H14BrN5O/c1-8-4-9(2-3-11(8)14)16-13(20)12-7-19(18-17-12)10-5-15-6-10/h2-4,7,10,15H,5-6H2,1H3,(H,16,20). The lowest BCUT2D eigenvalue weighted by Gasteiger charge is -2.26. The van der Waals surface area contributed by atoms with Crippen LogP contribution in [-0.2, 0) is 0 Å². The van der Waals surface area contributed by atoms with Crippen LogP contribution in [0, 0.1) is 6.92 Å². The first kappa shape index (κ1) is 13.3. The molecule has 0 radical (unpaired) electrons. The highest BCUT2D eigenvalue weighted by molar-refractivity contribution is 9.10. The number of aryl methyl sites for hydroxylation is 1. The third-order valence-electron chi connectivity index (χ3n) is 3.29. The SMILES string of the molecule is Cc1cc(NC(=O)c2cn(C3CNC3)nn2)ccc1Br. The molecule has 1 aromatic carbocycles. The number of aromatic nitrogens is 3. The number of rotatable bonds is 3. The Morgan fingerprint density at radius 1 is 1.50 bits per heavy atom. The van der Waals surface area contributed by atoms with Gasteiger partial charge in [-0.3, -0.25) is 4.79 Å². The summed E-state index contributed by atoms with van der Waals surface area (Å²) >= 11 is 3.43. The third kappa shape index (κ3) is 2.59. The quantitative estimate of drug-likeness (QED) is 0.896. The zero-order valence-electron chi connectivity index (χ0n) is 10.9. The summed E-state index contributed by atoms with van der Waals surface area (Å²) in [6, 6.07) is 5.96. The molecule has 0 atom stereocenters. The first-order valence-electron chi connectivity index (χ1n) is 6.33. The number of carbonyl (C=O) groups excluding carboxylic acids is 1. The Hall–Kier alpha value is -1.73. The summed E-state index contributed by atoms with van der Waals surface area (Å²) in [7, 11) is 0. The molecule has 0 aliphatic carbocycles. The molecule has 2 aromatic rings. The van der Waals surface area contributed by atoms with Gasteiger partial charge in [0.2, 0.25) is 0 Å². The summed E-state index contributed by atoms with van der Waals surface area (Å²) in [4.78, 5) is 12.1. The lowest BCUT2D eigenvalue weighted by molar-refractivity contribution is 0.102. The fraction of sp³-hybridized carbons (Fsp3) is 0.308. The summed E-state index contributed by atoms with van der Waals surface area (Å²) in [5, 5.41) is 13.9. The van der Waals surface area contributed by atoms with Crippen LogP contribution in [0.1, 0.15) is 22.1 Å². The van der Waals surface area contributed by atoms with Gasteiger partial charge < -0.3 is 10.6 Å². The molecule has 20 heavy (non-hydrogen) atoms. The molecule has 7 heteroatoms. The average molecular weight is 336 g/mol. The fourth-order valence-electron chi connectivity index (χ4n) is 1.94. The van der Waals surface area contributed by atoms with E-state index in [9.17, 15) is 4.79 Å². The van der Waals surface area contributed by atoms with E-state index < -0.39 is 0 Å². The number of nitrogens with zero attached hydrogens (tertiary/aromatic N) is 3. The average Bonchev–Trinajstić information content (AvgIpc) is 2.81. The van der Waals surface area contributed by atoms with Gasteiger partial charge in [0.25, 0.3) is 5.91 Å². The highest BCUT2D eigenvalue weighted by Crippen LogP contribution is 2.20. The van der Waals surface area contributed by atoms with Gasteiger partial charge in [-0.15, -0.1) is 5.10 Å². The van der Waals surface area contributed by atoms with E-state index in [2.05, 4.69) is 36.9 Å². The molecule has 1 fully saturated rings. The first-order valence-corrected chi connectivity index (χ1v) is 7.13. The van der Waals surface area contributed by atoms with Crippen LogP contribution in [0.15, 0.2) is 28.9 Å². The van der Waals surface area contributed by atoms with E-state index in [-0.39, 0.29) is 5.91 Å². The molecule has 1 aromatic heterocycles. The van der Waals surface area contributed by atoms with E-state index >= 15 is 0 Å². The Kier molecular flexibility index (Phi) is 3.54. The van der Waals surface area contributed by atoms with Gasteiger partial charge in [-0.25, -0.2) is 4.68 Å². The minimum Gasteiger partial charge on any atom is -0.321 e. The second kappa shape index (κ2) is 5.34. The normalized spacial score (nSPS) is 14.9. The maximum atomic E-state index is 12.1. The Balaban J connectivity index is 1.71. The lowest BCUT2D eigenvalue weighted by atomic mass is 10.2. The topological polar surface area (TPSA) is 71.8 Å². The second-order valence-electron chi connectivity index (χ2n) is 4.81. The Bertz CT molecular complexity index is 650. The van der Waals surface area contributed by atoms with Crippen molar-refractivity contribution in [2.24, 2.45) is 0 Å². The molecule has 0 bridgehead atoms. The van der Waals surface area contributed by atoms with E-state index in [1.54, 1.807) is 10.9 Å². The molecule has 2 heterocycles. The number of halogens is 1. The van der Waals surface area contributed by atoms with E-state index in [1.807, 2.05) is 25.1 Å². The fourth-order valence-corrected chi connectivity index (χ4v) is 2.18. The van der Waals surface area contributed by atoms with Gasteiger partial charge >= 0.3 is 0 Å². The minimum absolute atomic E-state index is 0.245. The smallest absolute Gasteiger partial charge is 0.277 e. The summed E-state index contributed by atoms with van der Waals surface area (Å²) in [5.41, 5.74) is 2.14. The van der Waals surface area contributed by atoms with Crippen molar-refractivity contribution in [2.75, 3.05) is 18.4 Å². The van der Waals surface area contributed by atoms with Crippen molar-refractivity contribution in [2.45, 2.75) is 13.0 Å². The van der Waals surface area contributed by atoms with E-state index in [4.69, 9.17) is 0 Å². The van der Waals surface area contributed by atoms with Crippen LogP contribution in [0.5, 0.6) is 0 Å². The van der Waals surface area contributed by atoms with Gasteiger partial charge in [0.15, 0.2) is 5.69 Å². The number of carbonyl (C=O) groups is 1. The third-order valence-corrected chi connectivity index (χ3v) is 4.18. The molecule has 1 aliphatic heterocycles. The van der Waals surface area contributed by atoms with E-state index in [0.717, 1.165) is 28.8 Å². The summed E-state index contributed by atoms with van der Waals surface area (Å²) in [6.45, 7) is 3.71. The van der Waals surface area contributed by atoms with Crippen molar-refractivity contribution in [3.05, 3.63) is 40.1 Å². The Morgan fingerprint density at radius 3 is 2.95 bits per heavy atom. The van der Waals surface area contributed by atoms with Gasteiger partial charge in [-0.05, 0) is 30.7 Å². The molecule has 0 spiro atoms. The molecule has 104 valence electrons. The Labute approximate surface area is 124 Å². The molecule has 3 rings (SSSR count). The number of hydrogen-bond acceptors (Lipinski definition) is 4. The summed E-state index contributed by atoms with van der Waals surface area (Å²) in [6.07, 6.45) is 1.69. The van der Waals surface area contributed by atoms with E-state index in [1.165, 1.54) is 0 Å². The van der Waals surface area contributed by atoms with Gasteiger partial charge in [0.05, 0.1) is 12.2 Å². The van der Waals surface area contributed by atoms with Crippen molar-refractivity contribution in [1.82, 2.24) is 20.3 Å². The zero-order valence-corrected chi connectivity index (χ0v) is 12.5. The molecule has 1 saturated heterocycles. The predicted octanol–water partition coefficient (Wildman–Crippen LogP) is 1.75. The van der Waals surface area contributed by atoms with Crippen molar-refractivity contribution < 1.29 is 4.79 Å². The van der Waals surface area contributed by atoms with Crippen LogP contribution in [0.2, 0.25) is 0 Å². The van der Waals surface area contributed by atoms with Gasteiger partial charge in [0.1, 0.15) is 0 Å². The van der Waals surface area contributed by atoms with Crippen molar-refractivity contribution >= 4 is 27.5 Å². The van der Waals surface area contributed by atoms with Crippen LogP contribution in [0.25, 0.3) is 0 Å². The Morgan fingerprint density at radius 2 is 2.30 bits per heavy atom. The van der Waals surface area contributed by atoms with Crippen LogP contribution in [-0.4, -0.2) is 34.0 Å². The molecule has 1 aliphatic rings. The number of amides is 1. The molecule has 1 amide bonds. The van der Waals surface area contributed by atoms with Crippen LogP contribution < -0.4 is 10.6 Å². The van der Waals surface area contributed by atoms with Crippen molar-refractivity contribution in [3.8, 4) is 0 Å². The second-order valence-corrected chi connectivity index (χ2v) is 5.67. The molecule has 0 unspecified atom stereocenters. The summed E-state index contributed by atoms with van der Waals surface area (Å²) in [5.74, 6) is -0.245.